The number of aryl methyl sites for hydroxylation is 1. The molecule has 2 aromatic carbocycles. The van der Waals surface area contributed by atoms with Crippen LogP contribution in [0.15, 0.2) is 46.9 Å². The first-order valence-electron chi connectivity index (χ1n) is 11.1. The van der Waals surface area contributed by atoms with Gasteiger partial charge in [-0.3, -0.25) is 9.69 Å². The predicted molar refractivity (Wildman–Crippen MR) is 127 cm³/mol. The van der Waals surface area contributed by atoms with E-state index >= 15 is 0 Å². The number of carbonyl (C=O) groups excluding carboxylic acids is 1. The first-order chi connectivity index (χ1) is 14.5. The van der Waals surface area contributed by atoms with Gasteiger partial charge in [0, 0.05) is 49.4 Å². The van der Waals surface area contributed by atoms with Crippen molar-refractivity contribution in [2.75, 3.05) is 44.2 Å². The highest BCUT2D eigenvalue weighted by Crippen LogP contribution is 2.26. The van der Waals surface area contributed by atoms with Crippen LogP contribution in [0.1, 0.15) is 29.5 Å². The third-order valence-corrected chi connectivity index (χ3v) is 7.15. The van der Waals surface area contributed by atoms with E-state index in [-0.39, 0.29) is 5.92 Å². The number of hydrogen-bond acceptors (Lipinski definition) is 3. The molecule has 2 aromatic rings. The minimum absolute atomic E-state index is 0.137. The molecule has 2 heterocycles. The van der Waals surface area contributed by atoms with Gasteiger partial charge >= 0.3 is 0 Å². The van der Waals surface area contributed by atoms with Gasteiger partial charge in [0.05, 0.1) is 5.92 Å². The molecule has 4 rings (SSSR count). The maximum atomic E-state index is 13.2. The zero-order chi connectivity index (χ0) is 21.1. The van der Waals surface area contributed by atoms with Crippen molar-refractivity contribution in [2.24, 2.45) is 5.92 Å². The SMILES string of the molecule is Cc1cccc(N2CCN(C(=O)C3CCCN(Cc4cccc(Br)c4)C3)CC2)c1C. The van der Waals surface area contributed by atoms with Crippen molar-refractivity contribution < 1.29 is 4.79 Å². The van der Waals surface area contributed by atoms with Crippen molar-refractivity contribution in [2.45, 2.75) is 33.2 Å². The van der Waals surface area contributed by atoms with Gasteiger partial charge in [-0.1, -0.05) is 40.2 Å². The molecule has 1 unspecified atom stereocenters. The highest BCUT2D eigenvalue weighted by atomic mass is 79.9. The van der Waals surface area contributed by atoms with Gasteiger partial charge in [0.25, 0.3) is 0 Å². The summed E-state index contributed by atoms with van der Waals surface area (Å²) in [4.78, 5) is 20.2. The minimum atomic E-state index is 0.137. The Hall–Kier alpha value is -1.85. The highest BCUT2D eigenvalue weighted by molar-refractivity contribution is 9.10. The summed E-state index contributed by atoms with van der Waals surface area (Å²) in [6.45, 7) is 10.7. The molecule has 2 aliphatic heterocycles. The number of nitrogens with zero attached hydrogens (tertiary/aromatic N) is 3. The summed E-state index contributed by atoms with van der Waals surface area (Å²) in [5, 5.41) is 0. The molecule has 1 amide bonds. The summed E-state index contributed by atoms with van der Waals surface area (Å²) in [6, 6.07) is 15.0. The summed E-state index contributed by atoms with van der Waals surface area (Å²) in [7, 11) is 0. The molecule has 0 spiro atoms. The third-order valence-electron chi connectivity index (χ3n) is 6.66. The number of amides is 1. The number of hydrogen-bond donors (Lipinski definition) is 0. The second-order valence-electron chi connectivity index (χ2n) is 8.74. The van der Waals surface area contributed by atoms with E-state index in [0.717, 1.165) is 63.1 Å². The monoisotopic (exact) mass is 469 g/mol. The minimum Gasteiger partial charge on any atom is -0.368 e. The molecule has 0 radical (unpaired) electrons. The van der Waals surface area contributed by atoms with E-state index in [9.17, 15) is 4.79 Å². The summed E-state index contributed by atoms with van der Waals surface area (Å²) < 4.78 is 1.12. The number of likely N-dealkylation sites (tertiary alicyclic amines) is 1. The number of piperidine rings is 1. The molecule has 30 heavy (non-hydrogen) atoms. The molecule has 2 saturated heterocycles. The molecule has 0 aromatic heterocycles. The average Bonchev–Trinajstić information content (AvgIpc) is 2.76. The van der Waals surface area contributed by atoms with Crippen molar-refractivity contribution in [3.63, 3.8) is 0 Å². The van der Waals surface area contributed by atoms with Crippen molar-refractivity contribution >= 4 is 27.5 Å². The third kappa shape index (κ3) is 4.89. The van der Waals surface area contributed by atoms with Crippen LogP contribution < -0.4 is 4.90 Å². The number of halogens is 1. The highest BCUT2D eigenvalue weighted by Gasteiger charge is 2.31. The zero-order valence-electron chi connectivity index (χ0n) is 18.1. The maximum Gasteiger partial charge on any atom is 0.227 e. The fourth-order valence-electron chi connectivity index (χ4n) is 4.80. The van der Waals surface area contributed by atoms with Crippen LogP contribution in [-0.4, -0.2) is 55.0 Å². The first-order valence-corrected chi connectivity index (χ1v) is 11.9. The van der Waals surface area contributed by atoms with E-state index in [1.165, 1.54) is 22.4 Å². The lowest BCUT2D eigenvalue weighted by molar-refractivity contribution is -0.137. The van der Waals surface area contributed by atoms with Gasteiger partial charge in [-0.05, 0) is 68.1 Å². The van der Waals surface area contributed by atoms with Crippen molar-refractivity contribution in [1.29, 1.82) is 0 Å². The number of anilines is 1. The van der Waals surface area contributed by atoms with Crippen LogP contribution in [-0.2, 0) is 11.3 Å². The van der Waals surface area contributed by atoms with Gasteiger partial charge in [0.1, 0.15) is 0 Å². The van der Waals surface area contributed by atoms with Gasteiger partial charge in [-0.2, -0.15) is 0 Å². The first kappa shape index (κ1) is 21.4. The lowest BCUT2D eigenvalue weighted by Crippen LogP contribution is -2.52. The fraction of sp³-hybridized carbons (Fsp3) is 0.480. The molecular formula is C25H32BrN3O. The van der Waals surface area contributed by atoms with Crippen LogP contribution >= 0.6 is 15.9 Å². The second-order valence-corrected chi connectivity index (χ2v) is 9.65. The molecule has 5 heteroatoms. The Kier molecular flexibility index (Phi) is 6.79. The van der Waals surface area contributed by atoms with Gasteiger partial charge in [-0.25, -0.2) is 0 Å². The number of piperazine rings is 1. The van der Waals surface area contributed by atoms with Gasteiger partial charge in [-0.15, -0.1) is 0 Å². The number of benzene rings is 2. The summed E-state index contributed by atoms with van der Waals surface area (Å²) in [6.07, 6.45) is 2.12. The Morgan fingerprint density at radius 1 is 1.03 bits per heavy atom. The molecule has 4 nitrogen and oxygen atoms in total. The largest absolute Gasteiger partial charge is 0.368 e. The Morgan fingerprint density at radius 3 is 2.57 bits per heavy atom. The molecule has 160 valence electrons. The Morgan fingerprint density at radius 2 is 1.80 bits per heavy atom. The zero-order valence-corrected chi connectivity index (χ0v) is 19.7. The van der Waals surface area contributed by atoms with E-state index < -0.39 is 0 Å². The maximum absolute atomic E-state index is 13.2. The average molecular weight is 470 g/mol. The molecule has 2 fully saturated rings. The molecule has 0 N–H and O–H groups in total. The van der Waals surface area contributed by atoms with Gasteiger partial charge < -0.3 is 9.80 Å². The second kappa shape index (κ2) is 9.52. The Labute approximate surface area is 189 Å². The summed E-state index contributed by atoms with van der Waals surface area (Å²) in [5.74, 6) is 0.493. The number of rotatable bonds is 4. The van der Waals surface area contributed by atoms with Crippen molar-refractivity contribution in [1.82, 2.24) is 9.80 Å². The summed E-state index contributed by atoms with van der Waals surface area (Å²) >= 11 is 3.56. The predicted octanol–water partition coefficient (Wildman–Crippen LogP) is 4.63. The van der Waals surface area contributed by atoms with Crippen LogP contribution in [0, 0.1) is 19.8 Å². The number of carbonyl (C=O) groups is 1. The standard InChI is InChI=1S/C25H32BrN3O/c1-19-6-3-10-24(20(19)2)28-12-14-29(15-13-28)25(30)22-8-5-11-27(18-22)17-21-7-4-9-23(26)16-21/h3-4,6-7,9-10,16,22H,5,8,11-15,17-18H2,1-2H3. The van der Waals surface area contributed by atoms with Gasteiger partial charge in [0.15, 0.2) is 0 Å². The lowest BCUT2D eigenvalue weighted by Gasteiger charge is -2.40. The van der Waals surface area contributed by atoms with Crippen LogP contribution in [0.25, 0.3) is 0 Å². The summed E-state index contributed by atoms with van der Waals surface area (Å²) in [5.41, 5.74) is 5.31. The van der Waals surface area contributed by atoms with Crippen LogP contribution in [0.4, 0.5) is 5.69 Å². The molecule has 0 bridgehead atoms. The molecule has 0 aliphatic carbocycles. The van der Waals surface area contributed by atoms with Crippen molar-refractivity contribution in [3.05, 3.63) is 63.6 Å². The Balaban J connectivity index is 1.33. The van der Waals surface area contributed by atoms with Gasteiger partial charge in [0.2, 0.25) is 5.91 Å². The van der Waals surface area contributed by atoms with E-state index in [1.807, 2.05) is 0 Å². The molecule has 1 atom stereocenters. The van der Waals surface area contributed by atoms with E-state index in [1.54, 1.807) is 0 Å². The molecular weight excluding hydrogens is 438 g/mol. The van der Waals surface area contributed by atoms with E-state index in [2.05, 4.69) is 86.9 Å². The Bertz CT molecular complexity index is 892. The van der Waals surface area contributed by atoms with Crippen LogP contribution in [0.3, 0.4) is 0 Å². The topological polar surface area (TPSA) is 26.8 Å². The van der Waals surface area contributed by atoms with Crippen LogP contribution in [0.5, 0.6) is 0 Å². The smallest absolute Gasteiger partial charge is 0.227 e. The van der Waals surface area contributed by atoms with Crippen LogP contribution in [0.2, 0.25) is 0 Å². The quantitative estimate of drug-likeness (QED) is 0.652. The molecule has 0 saturated carbocycles. The molecule has 2 aliphatic rings. The normalized spacial score (nSPS) is 20.4. The fourth-order valence-corrected chi connectivity index (χ4v) is 5.25. The van der Waals surface area contributed by atoms with E-state index in [0.29, 0.717) is 5.91 Å². The lowest BCUT2D eigenvalue weighted by atomic mass is 9.95. The van der Waals surface area contributed by atoms with E-state index in [4.69, 9.17) is 0 Å². The van der Waals surface area contributed by atoms with Crippen molar-refractivity contribution in [3.8, 4) is 0 Å².